The number of halogens is 3. The van der Waals surface area contributed by atoms with E-state index >= 15 is 0 Å². The number of carbonyl (C=O) groups is 4. The lowest BCUT2D eigenvalue weighted by atomic mass is 9.77. The molecule has 0 bridgehead atoms. The van der Waals surface area contributed by atoms with Crippen LogP contribution in [0.4, 0.5) is 13.2 Å². The van der Waals surface area contributed by atoms with Crippen molar-refractivity contribution in [1.82, 2.24) is 9.88 Å². The predicted molar refractivity (Wildman–Crippen MR) is 165 cm³/mol. The Kier molecular flexibility index (Phi) is 9.45. The van der Waals surface area contributed by atoms with Crippen molar-refractivity contribution in [3.05, 3.63) is 48.6 Å². The number of aliphatic carboxylic acids is 1. The monoisotopic (exact) mass is 658 g/mol. The first kappa shape index (κ1) is 34.4. The number of pyridine rings is 1. The van der Waals surface area contributed by atoms with Crippen LogP contribution in [0.2, 0.25) is 0 Å². The van der Waals surface area contributed by atoms with Gasteiger partial charge in [-0.25, -0.2) is 4.98 Å². The number of esters is 1. The lowest BCUT2D eigenvalue weighted by Gasteiger charge is -2.35. The topological polar surface area (TPSA) is 123 Å². The lowest BCUT2D eigenvalue weighted by Crippen LogP contribution is -2.48. The Balaban J connectivity index is 1.43. The van der Waals surface area contributed by atoms with Gasteiger partial charge in [0.2, 0.25) is 11.8 Å². The third kappa shape index (κ3) is 7.31. The van der Waals surface area contributed by atoms with Gasteiger partial charge in [0.05, 0.1) is 41.4 Å². The van der Waals surface area contributed by atoms with E-state index in [0.29, 0.717) is 0 Å². The highest BCUT2D eigenvalue weighted by atomic mass is 19.4. The highest BCUT2D eigenvalue weighted by molar-refractivity contribution is 5.95. The number of hydrogen-bond acceptors (Lipinski definition) is 7. The summed E-state index contributed by atoms with van der Waals surface area (Å²) in [6.45, 7) is 8.91. The van der Waals surface area contributed by atoms with Gasteiger partial charge in [-0.1, -0.05) is 45.0 Å². The van der Waals surface area contributed by atoms with E-state index in [0.717, 1.165) is 31.7 Å². The van der Waals surface area contributed by atoms with E-state index in [1.807, 2.05) is 0 Å². The molecule has 1 N–H and O–H groups in total. The summed E-state index contributed by atoms with van der Waals surface area (Å²) in [5.74, 6) is -4.27. The normalized spacial score (nSPS) is 25.4. The van der Waals surface area contributed by atoms with Crippen LogP contribution >= 0.6 is 0 Å². The Labute approximate surface area is 271 Å². The molecule has 12 heteroatoms. The standard InChI is InChI=1S/C35H41F3N2O7/c1-5-20-17-34(20,32(44)45)18-28(41)27-14-22(46-29-15-24(35(36,37)38)23-12-8-9-13-26(23)39-29)19-40(27)31(43)25(33(2,3)4)16-30(42)47-21-10-6-7-11-21/h5,8-9,12-13,15,20-22,25,27H,1,6-7,10-11,14,16-19H2,2-4H3,(H,44,45)/t20-,22-,25-,27+,34-/m1/s1. The molecule has 254 valence electrons. The van der Waals surface area contributed by atoms with E-state index in [4.69, 9.17) is 9.47 Å². The fourth-order valence-corrected chi connectivity index (χ4v) is 7.02. The summed E-state index contributed by atoms with van der Waals surface area (Å²) in [4.78, 5) is 58.9. The summed E-state index contributed by atoms with van der Waals surface area (Å²) < 4.78 is 53.6. The number of fused-ring (bicyclic) bond motifs is 1. The molecule has 47 heavy (non-hydrogen) atoms. The van der Waals surface area contributed by atoms with Crippen molar-refractivity contribution in [3.63, 3.8) is 0 Å². The number of ketones is 1. The Hall–Kier alpha value is -3.96. The van der Waals surface area contributed by atoms with Crippen LogP contribution in [0.1, 0.15) is 77.7 Å². The van der Waals surface area contributed by atoms with Crippen molar-refractivity contribution in [1.29, 1.82) is 0 Å². The molecule has 2 saturated carbocycles. The minimum absolute atomic E-state index is 0.0667. The Morgan fingerprint density at radius 1 is 1.13 bits per heavy atom. The summed E-state index contributed by atoms with van der Waals surface area (Å²) in [5.41, 5.74) is -2.93. The number of para-hydroxylation sites is 1. The molecule has 0 radical (unpaired) electrons. The molecule has 5 atom stereocenters. The number of hydrogen-bond donors (Lipinski definition) is 1. The Bertz CT molecular complexity index is 1560. The largest absolute Gasteiger partial charge is 0.481 e. The van der Waals surface area contributed by atoms with Crippen LogP contribution in [0.3, 0.4) is 0 Å². The first-order chi connectivity index (χ1) is 22.0. The van der Waals surface area contributed by atoms with E-state index in [2.05, 4.69) is 11.6 Å². The van der Waals surface area contributed by atoms with Crippen LogP contribution in [0.5, 0.6) is 5.88 Å². The fourth-order valence-electron chi connectivity index (χ4n) is 7.02. The van der Waals surface area contributed by atoms with Crippen molar-refractivity contribution in [2.45, 2.75) is 96.6 Å². The maximum Gasteiger partial charge on any atom is 0.417 e. The van der Waals surface area contributed by atoms with Gasteiger partial charge in [-0.15, -0.1) is 6.58 Å². The third-order valence-corrected chi connectivity index (χ3v) is 9.85. The zero-order valence-electron chi connectivity index (χ0n) is 26.8. The molecule has 1 aromatic carbocycles. The number of ether oxygens (including phenoxy) is 2. The van der Waals surface area contributed by atoms with Gasteiger partial charge in [0, 0.05) is 24.3 Å². The van der Waals surface area contributed by atoms with E-state index in [9.17, 15) is 37.5 Å². The predicted octanol–water partition coefficient (Wildman–Crippen LogP) is 6.38. The van der Waals surface area contributed by atoms with Crippen molar-refractivity contribution in [2.75, 3.05) is 6.54 Å². The molecule has 0 unspecified atom stereocenters. The number of rotatable bonds is 11. The number of alkyl halides is 3. The van der Waals surface area contributed by atoms with Crippen molar-refractivity contribution >= 4 is 34.5 Å². The fraction of sp³-hybridized carbons (Fsp3) is 0.571. The second-order valence-corrected chi connectivity index (χ2v) is 14.2. The number of benzene rings is 1. The number of Topliss-reactive ketones (excluding diaryl/α,β-unsaturated/α-hetero) is 1. The number of aromatic nitrogens is 1. The summed E-state index contributed by atoms with van der Waals surface area (Å²) >= 11 is 0. The zero-order chi connectivity index (χ0) is 34.3. The molecule has 5 rings (SSSR count). The van der Waals surface area contributed by atoms with E-state index in [1.165, 1.54) is 29.2 Å². The average Bonchev–Trinajstić information content (AvgIpc) is 3.27. The third-order valence-electron chi connectivity index (χ3n) is 9.85. The second kappa shape index (κ2) is 12.9. The molecule has 2 aromatic rings. The number of likely N-dealkylation sites (tertiary alicyclic amines) is 1. The molecule has 1 amide bonds. The van der Waals surface area contributed by atoms with Crippen LogP contribution in [0.15, 0.2) is 43.0 Å². The first-order valence-corrected chi connectivity index (χ1v) is 16.1. The summed E-state index contributed by atoms with van der Waals surface area (Å²) in [7, 11) is 0. The highest BCUT2D eigenvalue weighted by Crippen LogP contribution is 2.56. The summed E-state index contributed by atoms with van der Waals surface area (Å²) in [6.07, 6.45) is -1.30. The zero-order valence-corrected chi connectivity index (χ0v) is 26.8. The molecule has 3 fully saturated rings. The maximum absolute atomic E-state index is 14.3. The van der Waals surface area contributed by atoms with Gasteiger partial charge < -0.3 is 19.5 Å². The minimum Gasteiger partial charge on any atom is -0.481 e. The smallest absolute Gasteiger partial charge is 0.417 e. The van der Waals surface area contributed by atoms with Crippen LogP contribution in [-0.2, 0) is 30.1 Å². The van der Waals surface area contributed by atoms with Gasteiger partial charge in [0.1, 0.15) is 12.2 Å². The van der Waals surface area contributed by atoms with Crippen molar-refractivity contribution in [3.8, 4) is 5.88 Å². The lowest BCUT2D eigenvalue weighted by molar-refractivity contribution is -0.156. The van der Waals surface area contributed by atoms with Gasteiger partial charge >= 0.3 is 18.1 Å². The molecule has 9 nitrogen and oxygen atoms in total. The van der Waals surface area contributed by atoms with Crippen LogP contribution in [0, 0.1) is 22.7 Å². The molecule has 0 spiro atoms. The molecule has 1 aromatic heterocycles. The van der Waals surface area contributed by atoms with Crippen LogP contribution in [0.25, 0.3) is 10.9 Å². The van der Waals surface area contributed by atoms with Gasteiger partial charge in [-0.2, -0.15) is 13.2 Å². The van der Waals surface area contributed by atoms with Gasteiger partial charge in [0.25, 0.3) is 0 Å². The van der Waals surface area contributed by atoms with Gasteiger partial charge in [0.15, 0.2) is 5.78 Å². The van der Waals surface area contributed by atoms with Crippen LogP contribution in [-0.4, -0.2) is 63.4 Å². The molecular formula is C35H41F3N2O7. The van der Waals surface area contributed by atoms with E-state index in [-0.39, 0.29) is 55.1 Å². The molecule has 3 aliphatic rings. The number of carboxylic acid groups (broad SMARTS) is 1. The number of amides is 1. The number of carboxylic acids is 1. The Morgan fingerprint density at radius 2 is 1.81 bits per heavy atom. The molecular weight excluding hydrogens is 617 g/mol. The van der Waals surface area contributed by atoms with Crippen molar-refractivity contribution in [2.24, 2.45) is 22.7 Å². The van der Waals surface area contributed by atoms with Crippen molar-refractivity contribution < 1.29 is 46.9 Å². The number of nitrogens with zero attached hydrogens (tertiary/aromatic N) is 2. The van der Waals surface area contributed by atoms with Gasteiger partial charge in [-0.05, 0) is 49.5 Å². The first-order valence-electron chi connectivity index (χ1n) is 16.1. The van der Waals surface area contributed by atoms with Gasteiger partial charge in [-0.3, -0.25) is 19.2 Å². The SMILES string of the molecule is C=C[C@@H]1C[C@]1(CC(=O)[C@@H]1C[C@@H](Oc2cc(C(F)(F)F)c3ccccc3n2)CN1C(=O)[C@@H](CC(=O)OC1CCCC1)C(C)(C)C)C(=O)O. The Morgan fingerprint density at radius 3 is 2.40 bits per heavy atom. The summed E-state index contributed by atoms with van der Waals surface area (Å²) in [5, 5.41) is 9.86. The van der Waals surface area contributed by atoms with Crippen LogP contribution < -0.4 is 4.74 Å². The second-order valence-electron chi connectivity index (χ2n) is 14.2. The van der Waals surface area contributed by atoms with E-state index in [1.54, 1.807) is 26.8 Å². The highest BCUT2D eigenvalue weighted by Gasteiger charge is 2.61. The molecule has 1 aliphatic heterocycles. The molecule has 2 heterocycles. The average molecular weight is 659 g/mol. The molecule has 1 saturated heterocycles. The maximum atomic E-state index is 14.3. The minimum atomic E-state index is -4.69. The number of carbonyl (C=O) groups excluding carboxylic acids is 3. The number of allylic oxidation sites excluding steroid dienone is 1. The summed E-state index contributed by atoms with van der Waals surface area (Å²) in [6, 6.07) is 5.47. The molecule has 2 aliphatic carbocycles. The van der Waals surface area contributed by atoms with E-state index < -0.39 is 70.2 Å². The quantitative estimate of drug-likeness (QED) is 0.218.